The normalized spacial score (nSPS) is 18.0. The van der Waals surface area contributed by atoms with Crippen LogP contribution in [0.2, 0.25) is 0 Å². The van der Waals surface area contributed by atoms with E-state index >= 15 is 0 Å². The highest BCUT2D eigenvalue weighted by Crippen LogP contribution is 2.46. The summed E-state index contributed by atoms with van der Waals surface area (Å²) in [5.74, 6) is -23.3. The van der Waals surface area contributed by atoms with E-state index in [2.05, 4.69) is 52.2 Å². The maximum atomic E-state index is 14.9. The summed E-state index contributed by atoms with van der Waals surface area (Å²) in [4.78, 5) is 69.7. The third-order valence-corrected chi connectivity index (χ3v) is 24.9. The molecule has 0 unspecified atom stereocenters. The van der Waals surface area contributed by atoms with Crippen LogP contribution in [-0.4, -0.2) is 124 Å². The number of hydrogen-bond donors (Lipinski definition) is 10. The molecule has 0 spiro atoms. The van der Waals surface area contributed by atoms with Crippen LogP contribution in [0.25, 0.3) is 9.69 Å². The average Bonchev–Trinajstić information content (AvgIpc) is 1.63. The zero-order valence-electron chi connectivity index (χ0n) is 79.3. The first-order valence-electron chi connectivity index (χ1n) is 46.7. The Morgan fingerprint density at radius 1 is 0.354 bits per heavy atom. The van der Waals surface area contributed by atoms with E-state index in [1.807, 2.05) is 28.8 Å². The van der Waals surface area contributed by atoms with Crippen LogP contribution in [0, 0.1) is 88.1 Å². The molecule has 776 valence electrons. The summed E-state index contributed by atoms with van der Waals surface area (Å²) in [6, 6.07) is 31.8. The highest BCUT2D eigenvalue weighted by Gasteiger charge is 2.58. The Hall–Kier alpha value is -12.3. The van der Waals surface area contributed by atoms with Gasteiger partial charge in [0.05, 0.1) is 74.1 Å². The molecule has 0 heterocycles. The topological polar surface area (TPSA) is 286 Å². The number of carbonyl (C=O) groups is 5. The van der Waals surface area contributed by atoms with Gasteiger partial charge in [-0.05, 0) is 178 Å². The van der Waals surface area contributed by atoms with E-state index in [1.165, 1.54) is 72.8 Å². The van der Waals surface area contributed by atoms with Gasteiger partial charge in [-0.25, -0.2) is 79.0 Å². The van der Waals surface area contributed by atoms with Crippen LogP contribution in [0.4, 0.5) is 92.2 Å². The summed E-state index contributed by atoms with van der Waals surface area (Å²) in [5, 5.41) is 52.8. The molecule has 144 heavy (non-hydrogen) atoms. The van der Waals surface area contributed by atoms with Crippen LogP contribution in [0.15, 0.2) is 182 Å². The van der Waals surface area contributed by atoms with Crippen LogP contribution in [0.1, 0.15) is 239 Å². The van der Waals surface area contributed by atoms with Crippen LogP contribution >= 0.6 is 0 Å². The van der Waals surface area contributed by atoms with Crippen molar-refractivity contribution in [1.82, 2.24) is 53.2 Å². The van der Waals surface area contributed by atoms with Crippen LogP contribution in [0.5, 0.6) is 0 Å². The van der Waals surface area contributed by atoms with Crippen molar-refractivity contribution >= 4 is 29.5 Å². The lowest BCUT2D eigenvalue weighted by Gasteiger charge is -2.29. The lowest BCUT2D eigenvalue weighted by molar-refractivity contribution is -0.164. The molecule has 0 bridgehead atoms. The van der Waals surface area contributed by atoms with E-state index in [-0.39, 0.29) is 23.8 Å². The van der Waals surface area contributed by atoms with Crippen molar-refractivity contribution in [1.29, 1.82) is 15.8 Å². The van der Waals surface area contributed by atoms with Gasteiger partial charge in [-0.1, -0.05) is 142 Å². The minimum absolute atomic E-state index is 0.185. The van der Waals surface area contributed by atoms with Gasteiger partial charge in [0.1, 0.15) is 57.8 Å². The predicted octanol–water partition coefficient (Wildman–Crippen LogP) is 21.7. The maximum absolute atomic E-state index is 14.9. The van der Waals surface area contributed by atoms with Crippen LogP contribution in [-0.2, 0) is 36.3 Å². The fraction of sp³-hybridized carbons (Fsp3) is 0.495. The van der Waals surface area contributed by atoms with Crippen LogP contribution < -0.4 is 53.2 Å². The molecule has 5 amide bonds. The Balaban J connectivity index is 0.000000201. The SMILES string of the molecule is CC(C)CC(F)(F)C[C@H](N[C@H](C)c1ccc(F)cc1)C(=O)NC1(C#N)CC1.C[C@@H](N[C@@H](CC(F)(F)Cc1ccccc1)C(=O)NC1(C#N)CC1)c1ccc(F)cc1.C[C@@H](N[C@@H](CC(F)(F)c1ccccc1)C(=O)NC1(C#N)CC1)c1ccc(F)cc1.[C-]#[N+]C1(NC(=O)[C@H](CC(F)(F)CC)N[C@@H](c2ccc(F)cc2)C(F)(F)F)CC1.[C-]#[N+]C1(NC(=O)[C@H](CC(F)(F)CC2CC2)N[C@@H](c2ccc(F)cc2)C(F)(F)F)CC1. The summed E-state index contributed by atoms with van der Waals surface area (Å²) in [6.45, 7) is 23.9. The first-order valence-corrected chi connectivity index (χ1v) is 46.7. The van der Waals surface area contributed by atoms with Crippen molar-refractivity contribution in [2.75, 3.05) is 0 Å². The second-order valence-electron chi connectivity index (χ2n) is 38.1. The van der Waals surface area contributed by atoms with Gasteiger partial charge in [-0.3, -0.25) is 70.9 Å². The maximum Gasteiger partial charge on any atom is 0.407 e. The third-order valence-electron chi connectivity index (χ3n) is 24.9. The molecule has 6 aliphatic carbocycles. The van der Waals surface area contributed by atoms with Gasteiger partial charge < -0.3 is 16.0 Å². The average molecular weight is 2040 g/mol. The van der Waals surface area contributed by atoms with Crippen LogP contribution in [0.3, 0.4) is 0 Å². The lowest BCUT2D eigenvalue weighted by atomic mass is 9.97. The molecule has 0 aromatic heterocycles. The molecular formula is C103H112F21N15O5. The van der Waals surface area contributed by atoms with E-state index in [4.69, 9.17) is 18.4 Å². The van der Waals surface area contributed by atoms with Gasteiger partial charge in [0.2, 0.25) is 47.3 Å². The third kappa shape index (κ3) is 36.5. The molecule has 6 saturated carbocycles. The standard InChI is InChI=1S/C23H24F3N3O.C22H22F3N3O.C20H21F6N3O.C20H26F3N3O.C18H19F6N3O/c1-16(18-7-9-19(24)10-8-18)28-20(21(30)29-22(15-27)11-12-22)14-23(25,26)13-17-5-3-2-4-6-17;1-15(16-7-9-18(23)10-8-16)27-19(20(29)28-21(14-26)11-12-21)13-22(24,25)17-5-3-2-4-6-17;1-27-19(8-9-19)29-17(30)15(11-18(22,23)10-12-2-3-12)28-16(20(24,25)26)13-4-6-14(21)7-5-13;1-13(2)10-20(22,23)11-17(18(27)26-19(12-24)8-9-19)25-14(3)15-4-6-16(21)7-5-15;1-3-16(20,21)10-13(15(28)27-17(25-2)8-9-17)26-14(18(22,23)24)11-4-6-12(19)7-5-11/h2-10,16,20,28H,11-14H2,1H3,(H,29,30);2-10,15,19,27H,11-13H2,1H3,(H,28,29);4-7,12,15-16,28H,2-3,8-11H2,(H,29,30);4-7,13-14,17,25H,8-11H2,1-3H3,(H,26,27);4-7,13-14,26H,3,8-10H2,1H3,(H,27,28)/t16-,20+;15-,19+;15-,16-;14-,17+;13-,14-/m11010/s1. The molecule has 6 fully saturated rings. The predicted molar refractivity (Wildman–Crippen MR) is 490 cm³/mol. The minimum atomic E-state index is -4.92. The minimum Gasteiger partial charge on any atom is -0.336 e. The fourth-order valence-electron chi connectivity index (χ4n) is 15.5. The second kappa shape index (κ2) is 48.6. The molecule has 7 aromatic carbocycles. The molecule has 13 rings (SSSR count). The van der Waals surface area contributed by atoms with E-state index in [0.717, 1.165) is 55.5 Å². The highest BCUT2D eigenvalue weighted by molar-refractivity contribution is 5.86. The Morgan fingerprint density at radius 3 is 0.910 bits per heavy atom. The summed E-state index contributed by atoms with van der Waals surface area (Å²) >= 11 is 0. The zero-order valence-corrected chi connectivity index (χ0v) is 79.3. The van der Waals surface area contributed by atoms with Crippen molar-refractivity contribution in [2.24, 2.45) is 11.8 Å². The fourth-order valence-corrected chi connectivity index (χ4v) is 15.5. The number of alkyl halides is 16. The molecular weight excluding hydrogens is 1930 g/mol. The van der Waals surface area contributed by atoms with Crippen molar-refractivity contribution in [3.63, 3.8) is 0 Å². The second-order valence-corrected chi connectivity index (χ2v) is 38.1. The number of nitriles is 3. The lowest BCUT2D eigenvalue weighted by Crippen LogP contribution is -2.53. The number of amides is 5. The van der Waals surface area contributed by atoms with E-state index < -0.39 is 251 Å². The number of benzene rings is 7. The largest absolute Gasteiger partial charge is 0.407 e. The highest BCUT2D eigenvalue weighted by atomic mass is 19.4. The van der Waals surface area contributed by atoms with Gasteiger partial charge in [-0.15, -0.1) is 0 Å². The van der Waals surface area contributed by atoms with Crippen molar-refractivity contribution in [2.45, 2.75) is 307 Å². The molecule has 7 aromatic rings. The monoisotopic (exact) mass is 2040 g/mol. The molecule has 10 N–H and O–H groups in total. The van der Waals surface area contributed by atoms with Gasteiger partial charge in [0, 0.05) is 81.5 Å². The molecule has 20 nitrogen and oxygen atoms in total. The molecule has 0 radical (unpaired) electrons. The van der Waals surface area contributed by atoms with Gasteiger partial charge in [-0.2, -0.15) is 42.1 Å². The van der Waals surface area contributed by atoms with Crippen molar-refractivity contribution in [3.8, 4) is 18.2 Å². The molecule has 6 aliphatic rings. The summed E-state index contributed by atoms with van der Waals surface area (Å²) in [5.41, 5.74) is -3.82. The molecule has 0 aliphatic heterocycles. The summed E-state index contributed by atoms with van der Waals surface area (Å²) < 4.78 is 292. The van der Waals surface area contributed by atoms with E-state index in [1.54, 1.807) is 95.3 Å². The summed E-state index contributed by atoms with van der Waals surface area (Å²) in [6.07, 6.45) is -10.7. The number of hydrogen-bond acceptors (Lipinski definition) is 13. The Bertz CT molecular complexity index is 5640. The van der Waals surface area contributed by atoms with Crippen molar-refractivity contribution in [3.05, 3.63) is 273 Å². The molecule has 41 heteroatoms. The smallest absolute Gasteiger partial charge is 0.336 e. The first-order chi connectivity index (χ1) is 67.4. The number of halogens is 21. The quantitative estimate of drug-likeness (QED) is 0.0126. The number of carbonyl (C=O) groups excluding carboxylic acids is 5. The number of nitrogens with zero attached hydrogens (tertiary/aromatic N) is 5. The number of nitrogens with one attached hydrogen (secondary N) is 10. The van der Waals surface area contributed by atoms with E-state index in [9.17, 15) is 127 Å². The Labute approximate surface area is 820 Å². The Kier molecular flexibility index (Phi) is 38.9. The van der Waals surface area contributed by atoms with E-state index in [0.29, 0.717) is 99.3 Å². The Morgan fingerprint density at radius 2 is 0.632 bits per heavy atom. The zero-order chi connectivity index (χ0) is 106. The number of rotatable bonds is 43. The molecule has 10 atom stereocenters. The first kappa shape index (κ1) is 115. The molecule has 0 saturated heterocycles. The van der Waals surface area contributed by atoms with Gasteiger partial charge in [0.15, 0.2) is 0 Å². The van der Waals surface area contributed by atoms with Gasteiger partial charge in [0.25, 0.3) is 11.8 Å². The van der Waals surface area contributed by atoms with Gasteiger partial charge >= 0.3 is 23.7 Å². The summed E-state index contributed by atoms with van der Waals surface area (Å²) in [7, 11) is 0. The van der Waals surface area contributed by atoms with Crippen molar-refractivity contribution < 1.29 is 116 Å².